The zero-order chi connectivity index (χ0) is 26.2. The number of hydrogen-bond acceptors (Lipinski definition) is 4. The van der Waals surface area contributed by atoms with Crippen LogP contribution in [0.4, 0.5) is 0 Å². The molecule has 3 saturated heterocycles. The highest BCUT2D eigenvalue weighted by atomic mass is 16.2. The number of benzene rings is 1. The first-order valence-corrected chi connectivity index (χ1v) is 15.0. The van der Waals surface area contributed by atoms with Crippen molar-refractivity contribution in [2.45, 2.75) is 89.6 Å². The van der Waals surface area contributed by atoms with Crippen molar-refractivity contribution in [3.63, 3.8) is 0 Å². The summed E-state index contributed by atoms with van der Waals surface area (Å²) in [6, 6.07) is 9.27. The van der Waals surface area contributed by atoms with Gasteiger partial charge in [0.05, 0.1) is 0 Å². The van der Waals surface area contributed by atoms with E-state index in [0.29, 0.717) is 18.0 Å². The number of nitrogens with zero attached hydrogens (tertiary/aromatic N) is 4. The van der Waals surface area contributed by atoms with Crippen LogP contribution < -0.4 is 0 Å². The molecule has 37 heavy (non-hydrogen) atoms. The number of carbonyl (C=O) groups excluding carboxylic acids is 2. The van der Waals surface area contributed by atoms with Gasteiger partial charge in [-0.2, -0.15) is 0 Å². The lowest BCUT2D eigenvalue weighted by Gasteiger charge is -2.43. The third kappa shape index (κ3) is 7.57. The number of carbonyl (C=O) groups is 2. The Bertz CT molecular complexity index is 848. The van der Waals surface area contributed by atoms with Crippen molar-refractivity contribution in [3.05, 3.63) is 35.4 Å². The summed E-state index contributed by atoms with van der Waals surface area (Å²) in [6.45, 7) is 8.11. The SMILES string of the molecule is CCCCCCc1ccc(C(=O)N2CCC(N3CCC(C(=O)N(C)C4CCN(C)CC4)CC3)CC2)cc1. The molecule has 0 atom stereocenters. The van der Waals surface area contributed by atoms with Gasteiger partial charge in [-0.25, -0.2) is 0 Å². The van der Waals surface area contributed by atoms with Crippen LogP contribution in [-0.4, -0.2) is 96.9 Å². The van der Waals surface area contributed by atoms with Gasteiger partial charge in [-0.3, -0.25) is 9.59 Å². The molecule has 1 aromatic carbocycles. The first-order valence-electron chi connectivity index (χ1n) is 15.0. The summed E-state index contributed by atoms with van der Waals surface area (Å²) in [4.78, 5) is 35.3. The van der Waals surface area contributed by atoms with E-state index in [-0.39, 0.29) is 11.8 Å². The minimum absolute atomic E-state index is 0.178. The monoisotopic (exact) mass is 510 g/mol. The van der Waals surface area contributed by atoms with Crippen LogP contribution in [0, 0.1) is 5.92 Å². The number of unbranched alkanes of at least 4 members (excludes halogenated alkanes) is 3. The molecule has 0 bridgehead atoms. The van der Waals surface area contributed by atoms with Gasteiger partial charge in [-0.1, -0.05) is 38.3 Å². The summed E-state index contributed by atoms with van der Waals surface area (Å²) >= 11 is 0. The Balaban J connectivity index is 1.18. The normalized spacial score (nSPS) is 21.3. The second-order valence-electron chi connectivity index (χ2n) is 11.8. The Kier molecular flexibility index (Phi) is 10.4. The van der Waals surface area contributed by atoms with Gasteiger partial charge in [0.15, 0.2) is 0 Å². The van der Waals surface area contributed by atoms with E-state index in [1.54, 1.807) is 0 Å². The Hall–Kier alpha value is -1.92. The lowest BCUT2D eigenvalue weighted by atomic mass is 9.91. The highest BCUT2D eigenvalue weighted by molar-refractivity contribution is 5.94. The van der Waals surface area contributed by atoms with E-state index in [1.165, 1.54) is 31.2 Å². The number of amides is 2. The maximum absolute atomic E-state index is 13.2. The first-order chi connectivity index (χ1) is 18.0. The van der Waals surface area contributed by atoms with Gasteiger partial charge in [-0.05, 0) is 102 Å². The van der Waals surface area contributed by atoms with Gasteiger partial charge >= 0.3 is 0 Å². The van der Waals surface area contributed by atoms with Crippen LogP contribution >= 0.6 is 0 Å². The molecule has 3 fully saturated rings. The molecule has 3 heterocycles. The third-order valence-electron chi connectivity index (χ3n) is 9.25. The van der Waals surface area contributed by atoms with Crippen LogP contribution in [0.2, 0.25) is 0 Å². The quantitative estimate of drug-likeness (QED) is 0.453. The van der Waals surface area contributed by atoms with Crippen LogP contribution in [-0.2, 0) is 11.2 Å². The Morgan fingerprint density at radius 3 is 2.11 bits per heavy atom. The van der Waals surface area contributed by atoms with Gasteiger partial charge in [0.2, 0.25) is 5.91 Å². The van der Waals surface area contributed by atoms with E-state index in [2.05, 4.69) is 40.8 Å². The number of piperidine rings is 3. The fraction of sp³-hybridized carbons (Fsp3) is 0.742. The Morgan fingerprint density at radius 1 is 0.838 bits per heavy atom. The molecular weight excluding hydrogens is 460 g/mol. The van der Waals surface area contributed by atoms with E-state index < -0.39 is 0 Å². The Labute approximate surface area is 225 Å². The molecule has 4 rings (SSSR count). The predicted octanol–water partition coefficient (Wildman–Crippen LogP) is 4.68. The molecule has 6 heteroatoms. The van der Waals surface area contributed by atoms with E-state index in [0.717, 1.165) is 89.8 Å². The fourth-order valence-electron chi connectivity index (χ4n) is 6.55. The second-order valence-corrected chi connectivity index (χ2v) is 11.8. The van der Waals surface area contributed by atoms with Crippen LogP contribution in [0.5, 0.6) is 0 Å². The largest absolute Gasteiger partial charge is 0.342 e. The summed E-state index contributed by atoms with van der Waals surface area (Å²) in [7, 11) is 4.19. The molecule has 1 aromatic rings. The highest BCUT2D eigenvalue weighted by Crippen LogP contribution is 2.27. The zero-order valence-electron chi connectivity index (χ0n) is 23.7. The van der Waals surface area contributed by atoms with Gasteiger partial charge in [0, 0.05) is 43.7 Å². The van der Waals surface area contributed by atoms with Crippen LogP contribution in [0.1, 0.15) is 87.1 Å². The smallest absolute Gasteiger partial charge is 0.253 e. The van der Waals surface area contributed by atoms with Crippen LogP contribution in [0.25, 0.3) is 0 Å². The average Bonchev–Trinajstić information content (AvgIpc) is 2.95. The molecule has 0 saturated carbocycles. The van der Waals surface area contributed by atoms with Gasteiger partial charge < -0.3 is 19.6 Å². The summed E-state index contributed by atoms with van der Waals surface area (Å²) in [5, 5.41) is 0. The van der Waals surface area contributed by atoms with E-state index in [4.69, 9.17) is 0 Å². The minimum Gasteiger partial charge on any atom is -0.342 e. The molecule has 3 aliphatic heterocycles. The maximum Gasteiger partial charge on any atom is 0.253 e. The van der Waals surface area contributed by atoms with Crippen LogP contribution in [0.3, 0.4) is 0 Å². The van der Waals surface area contributed by atoms with Gasteiger partial charge in [0.1, 0.15) is 0 Å². The third-order valence-corrected chi connectivity index (χ3v) is 9.25. The van der Waals surface area contributed by atoms with Crippen molar-refractivity contribution >= 4 is 11.8 Å². The van der Waals surface area contributed by atoms with Crippen molar-refractivity contribution in [1.82, 2.24) is 19.6 Å². The molecule has 206 valence electrons. The van der Waals surface area contributed by atoms with Crippen molar-refractivity contribution in [3.8, 4) is 0 Å². The number of rotatable bonds is 9. The van der Waals surface area contributed by atoms with Crippen LogP contribution in [0.15, 0.2) is 24.3 Å². The second kappa shape index (κ2) is 13.7. The number of aryl methyl sites for hydroxylation is 1. The molecule has 6 nitrogen and oxygen atoms in total. The molecule has 0 unspecified atom stereocenters. The standard InChI is InChI=1S/C31H50N4O2/c1-4-5-6-7-8-25-9-11-26(12-10-25)31(37)35-23-17-29(18-24-35)34-21-13-27(14-22-34)30(36)33(3)28-15-19-32(2)20-16-28/h9-12,27-29H,4-8,13-24H2,1-3H3. The summed E-state index contributed by atoms with van der Waals surface area (Å²) in [5.41, 5.74) is 2.16. The maximum atomic E-state index is 13.2. The van der Waals surface area contributed by atoms with Gasteiger partial charge in [0.25, 0.3) is 5.91 Å². The van der Waals surface area contributed by atoms with Gasteiger partial charge in [-0.15, -0.1) is 0 Å². The van der Waals surface area contributed by atoms with Crippen molar-refractivity contribution in [2.75, 3.05) is 53.4 Å². The van der Waals surface area contributed by atoms with E-state index >= 15 is 0 Å². The molecule has 0 radical (unpaired) electrons. The minimum atomic E-state index is 0.178. The highest BCUT2D eigenvalue weighted by Gasteiger charge is 2.34. The predicted molar refractivity (Wildman–Crippen MR) is 151 cm³/mol. The van der Waals surface area contributed by atoms with Crippen molar-refractivity contribution in [1.29, 1.82) is 0 Å². The van der Waals surface area contributed by atoms with Crippen molar-refractivity contribution < 1.29 is 9.59 Å². The number of likely N-dealkylation sites (tertiary alicyclic amines) is 3. The molecular formula is C31H50N4O2. The average molecular weight is 511 g/mol. The fourth-order valence-corrected chi connectivity index (χ4v) is 6.55. The lowest BCUT2D eigenvalue weighted by molar-refractivity contribution is -0.139. The Morgan fingerprint density at radius 2 is 1.49 bits per heavy atom. The lowest BCUT2D eigenvalue weighted by Crippen LogP contribution is -2.51. The van der Waals surface area contributed by atoms with E-state index in [1.807, 2.05) is 24.1 Å². The molecule has 2 amide bonds. The molecule has 0 aromatic heterocycles. The van der Waals surface area contributed by atoms with Crippen molar-refractivity contribution in [2.24, 2.45) is 5.92 Å². The summed E-state index contributed by atoms with van der Waals surface area (Å²) < 4.78 is 0. The summed E-state index contributed by atoms with van der Waals surface area (Å²) in [5.74, 6) is 0.719. The van der Waals surface area contributed by atoms with E-state index in [9.17, 15) is 9.59 Å². The summed E-state index contributed by atoms with van der Waals surface area (Å²) in [6.07, 6.45) is 12.4. The molecule has 0 aliphatic carbocycles. The molecule has 3 aliphatic rings. The zero-order valence-corrected chi connectivity index (χ0v) is 23.7. The molecule has 0 N–H and O–H groups in total. The topological polar surface area (TPSA) is 47.1 Å². The number of hydrogen-bond donors (Lipinski definition) is 0. The first kappa shape index (κ1) is 28.1. The molecule has 0 spiro atoms.